The van der Waals surface area contributed by atoms with Gasteiger partial charge in [0, 0.05) is 17.7 Å². The quantitative estimate of drug-likeness (QED) is 0.840. The molecule has 2 N–H and O–H groups in total. The molecule has 108 valence electrons. The van der Waals surface area contributed by atoms with Gasteiger partial charge in [0.15, 0.2) is 0 Å². The highest BCUT2D eigenvalue weighted by atomic mass is 19.1. The lowest BCUT2D eigenvalue weighted by Crippen LogP contribution is -2.36. The molecular formula is C17H23FN2. The average Bonchev–Trinajstić information content (AvgIpc) is 2.41. The third-order valence-electron chi connectivity index (χ3n) is 3.99. The number of nitrogens with two attached hydrogens (primary N) is 1. The number of nitrogens with zero attached hydrogens (tertiary/aromatic N) is 1. The van der Waals surface area contributed by atoms with Crippen molar-refractivity contribution in [3.05, 3.63) is 35.1 Å². The SMILES string of the molecule is CC1(C)CCN(Cc2ccc(C#CCN)cc2F)CC1. The third kappa shape index (κ3) is 4.06. The van der Waals surface area contributed by atoms with E-state index in [0.29, 0.717) is 24.1 Å². The summed E-state index contributed by atoms with van der Waals surface area (Å²) >= 11 is 0. The van der Waals surface area contributed by atoms with Crippen LogP contribution in [0, 0.1) is 23.1 Å². The second kappa shape index (κ2) is 6.39. The van der Waals surface area contributed by atoms with Crippen LogP contribution in [0.5, 0.6) is 0 Å². The third-order valence-corrected chi connectivity index (χ3v) is 3.99. The van der Waals surface area contributed by atoms with Crippen molar-refractivity contribution in [1.29, 1.82) is 0 Å². The Labute approximate surface area is 121 Å². The molecule has 0 saturated carbocycles. The van der Waals surface area contributed by atoms with Gasteiger partial charge < -0.3 is 5.73 Å². The van der Waals surface area contributed by atoms with Crippen LogP contribution in [0.2, 0.25) is 0 Å². The molecule has 1 aromatic carbocycles. The van der Waals surface area contributed by atoms with Crippen LogP contribution < -0.4 is 5.73 Å². The molecule has 0 bridgehead atoms. The molecular weight excluding hydrogens is 251 g/mol. The standard InChI is InChI=1S/C17H23FN2/c1-17(2)7-10-20(11-8-17)13-15-6-5-14(4-3-9-19)12-16(15)18/h5-6,12H,7-11,13,19H2,1-2H3. The number of benzene rings is 1. The fraction of sp³-hybridized carbons (Fsp3) is 0.529. The lowest BCUT2D eigenvalue weighted by atomic mass is 9.82. The molecule has 0 unspecified atom stereocenters. The summed E-state index contributed by atoms with van der Waals surface area (Å²) in [5.41, 5.74) is 7.19. The van der Waals surface area contributed by atoms with E-state index in [1.165, 1.54) is 18.9 Å². The number of rotatable bonds is 2. The molecule has 3 heteroatoms. The Hall–Kier alpha value is -1.37. The average molecular weight is 274 g/mol. The molecule has 0 spiro atoms. The van der Waals surface area contributed by atoms with E-state index in [0.717, 1.165) is 18.7 Å². The molecule has 1 heterocycles. The van der Waals surface area contributed by atoms with E-state index >= 15 is 0 Å². The smallest absolute Gasteiger partial charge is 0.128 e. The van der Waals surface area contributed by atoms with Crippen molar-refractivity contribution in [2.24, 2.45) is 11.1 Å². The highest BCUT2D eigenvalue weighted by Crippen LogP contribution is 2.30. The number of hydrogen-bond acceptors (Lipinski definition) is 2. The topological polar surface area (TPSA) is 29.3 Å². The van der Waals surface area contributed by atoms with Crippen molar-refractivity contribution in [2.45, 2.75) is 33.2 Å². The first-order valence-corrected chi connectivity index (χ1v) is 7.20. The Morgan fingerprint density at radius 1 is 1.30 bits per heavy atom. The van der Waals surface area contributed by atoms with Crippen molar-refractivity contribution < 1.29 is 4.39 Å². The summed E-state index contributed by atoms with van der Waals surface area (Å²) in [6.45, 7) is 7.67. The summed E-state index contributed by atoms with van der Waals surface area (Å²) in [5.74, 6) is 5.43. The van der Waals surface area contributed by atoms with Gasteiger partial charge in [-0.3, -0.25) is 4.90 Å². The van der Waals surface area contributed by atoms with Crippen LogP contribution in [0.25, 0.3) is 0 Å². The summed E-state index contributed by atoms with van der Waals surface area (Å²) in [4.78, 5) is 2.33. The zero-order chi connectivity index (χ0) is 14.6. The first-order chi connectivity index (χ1) is 9.50. The van der Waals surface area contributed by atoms with Gasteiger partial charge in [0.05, 0.1) is 6.54 Å². The van der Waals surface area contributed by atoms with Crippen LogP contribution >= 0.6 is 0 Å². The van der Waals surface area contributed by atoms with Crippen LogP contribution in [-0.2, 0) is 6.54 Å². The summed E-state index contributed by atoms with van der Waals surface area (Å²) in [7, 11) is 0. The van der Waals surface area contributed by atoms with E-state index in [2.05, 4.69) is 30.6 Å². The van der Waals surface area contributed by atoms with Crippen LogP contribution in [-0.4, -0.2) is 24.5 Å². The highest BCUT2D eigenvalue weighted by molar-refractivity contribution is 5.37. The minimum absolute atomic E-state index is 0.168. The molecule has 1 aliphatic rings. The van der Waals surface area contributed by atoms with E-state index in [1.54, 1.807) is 0 Å². The fourth-order valence-corrected chi connectivity index (χ4v) is 2.46. The Balaban J connectivity index is 2.00. The molecule has 1 aromatic rings. The molecule has 2 nitrogen and oxygen atoms in total. The summed E-state index contributed by atoms with van der Waals surface area (Å²) in [6.07, 6.45) is 2.35. The molecule has 0 aliphatic carbocycles. The maximum atomic E-state index is 14.1. The summed E-state index contributed by atoms with van der Waals surface area (Å²) in [5, 5.41) is 0. The number of likely N-dealkylation sites (tertiary alicyclic amines) is 1. The molecule has 0 radical (unpaired) electrons. The Morgan fingerprint density at radius 2 is 2.00 bits per heavy atom. The first-order valence-electron chi connectivity index (χ1n) is 7.20. The Bertz CT molecular complexity index is 516. The van der Waals surface area contributed by atoms with Crippen LogP contribution in [0.15, 0.2) is 18.2 Å². The number of hydrogen-bond donors (Lipinski definition) is 1. The van der Waals surface area contributed by atoms with Gasteiger partial charge in [0.25, 0.3) is 0 Å². The summed E-state index contributed by atoms with van der Waals surface area (Å²) < 4.78 is 14.1. The lowest BCUT2D eigenvalue weighted by Gasteiger charge is -2.36. The van der Waals surface area contributed by atoms with Gasteiger partial charge in [0.2, 0.25) is 0 Å². The van der Waals surface area contributed by atoms with Gasteiger partial charge in [-0.25, -0.2) is 4.39 Å². The molecule has 0 atom stereocenters. The zero-order valence-electron chi connectivity index (χ0n) is 12.4. The van der Waals surface area contributed by atoms with Crippen LogP contribution in [0.1, 0.15) is 37.8 Å². The van der Waals surface area contributed by atoms with Crippen LogP contribution in [0.3, 0.4) is 0 Å². The van der Waals surface area contributed by atoms with Gasteiger partial charge in [0.1, 0.15) is 5.82 Å². The minimum atomic E-state index is -0.168. The number of piperidine rings is 1. The van der Waals surface area contributed by atoms with Crippen molar-refractivity contribution in [3.63, 3.8) is 0 Å². The van der Waals surface area contributed by atoms with Crippen molar-refractivity contribution in [2.75, 3.05) is 19.6 Å². The molecule has 1 aliphatic heterocycles. The monoisotopic (exact) mass is 274 g/mol. The van der Waals surface area contributed by atoms with E-state index in [4.69, 9.17) is 5.73 Å². The molecule has 2 rings (SSSR count). The second-order valence-electron chi connectivity index (χ2n) is 6.25. The van der Waals surface area contributed by atoms with E-state index in [9.17, 15) is 4.39 Å². The molecule has 20 heavy (non-hydrogen) atoms. The van der Waals surface area contributed by atoms with Gasteiger partial charge in [-0.15, -0.1) is 0 Å². The number of halogens is 1. The summed E-state index contributed by atoms with van der Waals surface area (Å²) in [6, 6.07) is 5.22. The van der Waals surface area contributed by atoms with Gasteiger partial charge >= 0.3 is 0 Å². The largest absolute Gasteiger partial charge is 0.320 e. The van der Waals surface area contributed by atoms with Crippen LogP contribution in [0.4, 0.5) is 4.39 Å². The Kier molecular flexibility index (Phi) is 4.80. The van der Waals surface area contributed by atoms with Crippen molar-refractivity contribution in [3.8, 4) is 11.8 Å². The van der Waals surface area contributed by atoms with Gasteiger partial charge in [-0.1, -0.05) is 31.8 Å². The van der Waals surface area contributed by atoms with E-state index < -0.39 is 0 Å². The predicted molar refractivity (Wildman–Crippen MR) is 80.6 cm³/mol. The van der Waals surface area contributed by atoms with Gasteiger partial charge in [-0.2, -0.15) is 0 Å². The lowest BCUT2D eigenvalue weighted by molar-refractivity contribution is 0.126. The maximum absolute atomic E-state index is 14.1. The minimum Gasteiger partial charge on any atom is -0.320 e. The van der Waals surface area contributed by atoms with Crippen molar-refractivity contribution >= 4 is 0 Å². The zero-order valence-corrected chi connectivity index (χ0v) is 12.4. The first kappa shape index (κ1) is 15.0. The second-order valence-corrected chi connectivity index (χ2v) is 6.25. The maximum Gasteiger partial charge on any atom is 0.128 e. The normalized spacial score (nSPS) is 18.4. The highest BCUT2D eigenvalue weighted by Gasteiger charge is 2.25. The van der Waals surface area contributed by atoms with Crippen molar-refractivity contribution in [1.82, 2.24) is 4.90 Å². The predicted octanol–water partition coefficient (Wildman–Crippen LogP) is 2.76. The molecule has 0 amide bonds. The fourth-order valence-electron chi connectivity index (χ4n) is 2.46. The molecule has 1 fully saturated rings. The Morgan fingerprint density at radius 3 is 2.60 bits per heavy atom. The molecule has 1 saturated heterocycles. The molecule has 0 aromatic heterocycles. The van der Waals surface area contributed by atoms with E-state index in [-0.39, 0.29) is 5.82 Å². The van der Waals surface area contributed by atoms with Gasteiger partial charge in [-0.05, 0) is 43.5 Å². The van der Waals surface area contributed by atoms with E-state index in [1.807, 2.05) is 12.1 Å².